The minimum Gasteiger partial charge on any atom is -0.449 e. The van der Waals surface area contributed by atoms with Crippen molar-refractivity contribution in [3.05, 3.63) is 88.4 Å². The second-order valence-corrected chi connectivity index (χ2v) is 8.41. The van der Waals surface area contributed by atoms with Gasteiger partial charge in [0.25, 0.3) is 0 Å². The molecule has 0 atom stereocenters. The third kappa shape index (κ3) is 3.91. The molecule has 3 heterocycles. The number of ether oxygens (including phenoxy) is 1. The van der Waals surface area contributed by atoms with E-state index in [0.717, 1.165) is 40.7 Å². The van der Waals surface area contributed by atoms with Crippen molar-refractivity contribution in [1.29, 1.82) is 0 Å². The molecule has 5 rings (SSSR count). The number of benzene rings is 2. The van der Waals surface area contributed by atoms with E-state index in [9.17, 15) is 14.3 Å². The number of anilines is 1. The van der Waals surface area contributed by atoms with E-state index in [1.165, 1.54) is 23.3 Å². The van der Waals surface area contributed by atoms with Gasteiger partial charge in [-0.2, -0.15) is 4.98 Å². The monoisotopic (exact) mass is 445 g/mol. The highest BCUT2D eigenvalue weighted by atomic mass is 19.1. The van der Waals surface area contributed by atoms with Crippen molar-refractivity contribution in [2.24, 2.45) is 0 Å². The van der Waals surface area contributed by atoms with Gasteiger partial charge < -0.3 is 19.3 Å². The largest absolute Gasteiger partial charge is 0.512 e. The Morgan fingerprint density at radius 1 is 1.12 bits per heavy atom. The Balaban J connectivity index is 1.67. The topological polar surface area (TPSA) is 67.6 Å². The number of carboxylic acid groups (broad SMARTS) is 1. The lowest BCUT2D eigenvalue weighted by molar-refractivity contribution is 0.142. The highest BCUT2D eigenvalue weighted by molar-refractivity contribution is 5.95. The number of fused-ring (bicyclic) bond motifs is 2. The summed E-state index contributed by atoms with van der Waals surface area (Å²) < 4.78 is 20.6. The van der Waals surface area contributed by atoms with Crippen LogP contribution < -0.4 is 9.64 Å². The molecule has 0 unspecified atom stereocenters. The molecule has 0 spiro atoms. The van der Waals surface area contributed by atoms with E-state index < -0.39 is 6.16 Å². The lowest BCUT2D eigenvalue weighted by atomic mass is 10.00. The molecule has 0 fully saturated rings. The predicted molar refractivity (Wildman–Crippen MR) is 125 cm³/mol. The predicted octanol–water partition coefficient (Wildman–Crippen LogP) is 5.46. The second-order valence-electron chi connectivity index (χ2n) is 8.41. The fraction of sp³-hybridized carbons (Fsp3) is 0.231. The Morgan fingerprint density at radius 2 is 1.85 bits per heavy atom. The molecule has 6 nitrogen and oxygen atoms in total. The third-order valence-electron chi connectivity index (χ3n) is 6.45. The van der Waals surface area contributed by atoms with Crippen LogP contribution in [0.15, 0.2) is 54.6 Å². The molecule has 1 N–H and O–H groups in total. The first kappa shape index (κ1) is 21.0. The quantitative estimate of drug-likeness (QED) is 0.423. The van der Waals surface area contributed by atoms with Crippen LogP contribution in [0.3, 0.4) is 0 Å². The van der Waals surface area contributed by atoms with Crippen LogP contribution in [0.2, 0.25) is 0 Å². The number of rotatable bonds is 4. The van der Waals surface area contributed by atoms with Gasteiger partial charge in [0, 0.05) is 36.8 Å². The van der Waals surface area contributed by atoms with Crippen molar-refractivity contribution in [3.8, 4) is 5.88 Å². The molecular formula is C26H24FN3O3. The number of aryl methyl sites for hydroxylation is 1. The van der Waals surface area contributed by atoms with Crippen molar-refractivity contribution >= 4 is 22.9 Å². The van der Waals surface area contributed by atoms with Crippen LogP contribution in [0.25, 0.3) is 10.9 Å². The van der Waals surface area contributed by atoms with Gasteiger partial charge in [-0.3, -0.25) is 0 Å². The van der Waals surface area contributed by atoms with Crippen LogP contribution >= 0.6 is 0 Å². The minimum absolute atomic E-state index is 0.0610. The summed E-state index contributed by atoms with van der Waals surface area (Å²) in [6.45, 7) is 6.03. The van der Waals surface area contributed by atoms with E-state index in [-0.39, 0.29) is 11.7 Å². The van der Waals surface area contributed by atoms with E-state index in [0.29, 0.717) is 18.9 Å². The first-order valence-corrected chi connectivity index (χ1v) is 10.9. The standard InChI is InChI=1S/C26H24FN3O3/c1-16-17(2)30(14-18-7-9-21(27)10-8-18)24-22(16)13-23(33-26(31)32)28-25(24)29-12-11-19-5-3-4-6-20(19)15-29/h3-10,13H,11-12,14-15H2,1-2H3,(H,31,32). The van der Waals surface area contributed by atoms with Crippen LogP contribution in [-0.2, 0) is 19.5 Å². The normalized spacial score (nSPS) is 13.2. The zero-order chi connectivity index (χ0) is 23.1. The molecule has 4 aromatic rings. The van der Waals surface area contributed by atoms with Gasteiger partial charge in [0.15, 0.2) is 5.82 Å². The molecule has 33 heavy (non-hydrogen) atoms. The van der Waals surface area contributed by atoms with Crippen molar-refractivity contribution in [3.63, 3.8) is 0 Å². The molecule has 0 saturated heterocycles. The molecule has 2 aromatic heterocycles. The summed E-state index contributed by atoms with van der Waals surface area (Å²) in [6.07, 6.45) is -0.517. The third-order valence-corrected chi connectivity index (χ3v) is 6.45. The maximum absolute atomic E-state index is 13.5. The van der Waals surface area contributed by atoms with E-state index in [4.69, 9.17) is 4.74 Å². The van der Waals surface area contributed by atoms with Gasteiger partial charge in [0.2, 0.25) is 5.88 Å². The Bertz CT molecular complexity index is 1360. The Kier molecular flexibility index (Phi) is 5.24. The van der Waals surface area contributed by atoms with Crippen molar-refractivity contribution in [2.45, 2.75) is 33.4 Å². The number of carbonyl (C=O) groups is 1. The van der Waals surface area contributed by atoms with Crippen LogP contribution in [-0.4, -0.2) is 27.4 Å². The number of aromatic nitrogens is 2. The second kappa shape index (κ2) is 8.24. The summed E-state index contributed by atoms with van der Waals surface area (Å²) in [7, 11) is 0. The summed E-state index contributed by atoms with van der Waals surface area (Å²) in [5.74, 6) is 0.483. The fourth-order valence-corrected chi connectivity index (χ4v) is 4.63. The molecule has 1 aliphatic rings. The molecule has 168 valence electrons. The lowest BCUT2D eigenvalue weighted by Crippen LogP contribution is -2.31. The van der Waals surface area contributed by atoms with Crippen LogP contribution in [0, 0.1) is 19.7 Å². The Labute approximate surface area is 190 Å². The van der Waals surface area contributed by atoms with Crippen molar-refractivity contribution < 1.29 is 19.0 Å². The first-order valence-electron chi connectivity index (χ1n) is 10.9. The average Bonchev–Trinajstić information content (AvgIpc) is 3.04. The smallest absolute Gasteiger partial charge is 0.449 e. The Hall–Kier alpha value is -3.87. The van der Waals surface area contributed by atoms with Crippen LogP contribution in [0.4, 0.5) is 15.0 Å². The van der Waals surface area contributed by atoms with E-state index in [1.807, 2.05) is 26.0 Å². The van der Waals surface area contributed by atoms with E-state index in [2.05, 4.69) is 26.6 Å². The van der Waals surface area contributed by atoms with Gasteiger partial charge in [0.05, 0.1) is 5.52 Å². The van der Waals surface area contributed by atoms with Crippen molar-refractivity contribution in [1.82, 2.24) is 9.55 Å². The molecule has 0 bridgehead atoms. The molecule has 1 aliphatic heterocycles. The fourth-order valence-electron chi connectivity index (χ4n) is 4.63. The molecule has 2 aromatic carbocycles. The van der Waals surface area contributed by atoms with Crippen LogP contribution in [0.5, 0.6) is 5.88 Å². The number of halogens is 1. The maximum Gasteiger partial charge on any atom is 0.512 e. The molecule has 0 saturated carbocycles. The van der Waals surface area contributed by atoms with Gasteiger partial charge in [-0.15, -0.1) is 0 Å². The van der Waals surface area contributed by atoms with Crippen LogP contribution in [0.1, 0.15) is 27.9 Å². The maximum atomic E-state index is 13.5. The zero-order valence-corrected chi connectivity index (χ0v) is 18.5. The lowest BCUT2D eigenvalue weighted by Gasteiger charge is -2.31. The highest BCUT2D eigenvalue weighted by Gasteiger charge is 2.25. The summed E-state index contributed by atoms with van der Waals surface area (Å²) in [5, 5.41) is 10.1. The minimum atomic E-state index is -1.39. The number of nitrogens with zero attached hydrogens (tertiary/aromatic N) is 3. The average molecular weight is 445 g/mol. The highest BCUT2D eigenvalue weighted by Crippen LogP contribution is 2.37. The molecule has 0 amide bonds. The van der Waals surface area contributed by atoms with Gasteiger partial charge in [-0.25, -0.2) is 9.18 Å². The van der Waals surface area contributed by atoms with Gasteiger partial charge in [-0.05, 0) is 54.7 Å². The van der Waals surface area contributed by atoms with Gasteiger partial charge in [-0.1, -0.05) is 36.4 Å². The molecular weight excluding hydrogens is 421 g/mol. The SMILES string of the molecule is Cc1c(C)n(Cc2ccc(F)cc2)c2c(N3CCc4ccccc4C3)nc(OC(=O)O)cc12. The number of hydrogen-bond donors (Lipinski definition) is 1. The summed E-state index contributed by atoms with van der Waals surface area (Å²) >= 11 is 0. The van der Waals surface area contributed by atoms with E-state index in [1.54, 1.807) is 18.2 Å². The molecule has 0 aliphatic carbocycles. The summed E-state index contributed by atoms with van der Waals surface area (Å²) in [5.41, 5.74) is 6.51. The first-order chi connectivity index (χ1) is 15.9. The number of pyridine rings is 1. The molecule has 7 heteroatoms. The zero-order valence-electron chi connectivity index (χ0n) is 18.5. The van der Waals surface area contributed by atoms with Gasteiger partial charge >= 0.3 is 6.16 Å². The summed E-state index contributed by atoms with van der Waals surface area (Å²) in [4.78, 5) is 18.1. The van der Waals surface area contributed by atoms with Crippen molar-refractivity contribution in [2.75, 3.05) is 11.4 Å². The Morgan fingerprint density at radius 3 is 2.58 bits per heavy atom. The molecule has 0 radical (unpaired) electrons. The number of hydrogen-bond acceptors (Lipinski definition) is 4. The van der Waals surface area contributed by atoms with E-state index >= 15 is 0 Å². The summed E-state index contributed by atoms with van der Waals surface area (Å²) in [6, 6.07) is 16.5. The van der Waals surface area contributed by atoms with Gasteiger partial charge in [0.1, 0.15) is 5.82 Å².